The fourth-order valence-corrected chi connectivity index (χ4v) is 3.98. The summed E-state index contributed by atoms with van der Waals surface area (Å²) in [7, 11) is 1.80. The third-order valence-corrected chi connectivity index (χ3v) is 5.18. The molecule has 2 aromatic rings. The quantitative estimate of drug-likeness (QED) is 0.503. The Morgan fingerprint density at radius 1 is 1.43 bits per heavy atom. The third kappa shape index (κ3) is 2.85. The first-order valence-corrected chi connectivity index (χ1v) is 8.28. The van der Waals surface area contributed by atoms with Crippen molar-refractivity contribution in [1.29, 1.82) is 0 Å². The predicted molar refractivity (Wildman–Crippen MR) is 95.9 cm³/mol. The van der Waals surface area contributed by atoms with Crippen LogP contribution in [-0.4, -0.2) is 23.2 Å². The summed E-state index contributed by atoms with van der Waals surface area (Å²) < 4.78 is 5.94. The molecule has 3 rings (SSSR count). The Labute approximate surface area is 143 Å². The van der Waals surface area contributed by atoms with Gasteiger partial charge in [-0.1, -0.05) is 23.6 Å². The van der Waals surface area contributed by atoms with Crippen molar-refractivity contribution < 1.29 is 9.53 Å². The second-order valence-electron chi connectivity index (χ2n) is 4.98. The van der Waals surface area contributed by atoms with Crippen LogP contribution in [0.3, 0.4) is 0 Å². The molecule has 0 atom stereocenters. The van der Waals surface area contributed by atoms with Gasteiger partial charge in [-0.15, -0.1) is 0 Å². The third-order valence-electron chi connectivity index (χ3n) is 3.68. The number of nitrogens with two attached hydrogens (primary N) is 1. The van der Waals surface area contributed by atoms with Crippen LogP contribution in [0.4, 0.5) is 5.82 Å². The van der Waals surface area contributed by atoms with Crippen LogP contribution in [0.1, 0.15) is 27.2 Å². The van der Waals surface area contributed by atoms with Gasteiger partial charge in [0.05, 0.1) is 21.5 Å². The van der Waals surface area contributed by atoms with Crippen molar-refractivity contribution in [2.24, 2.45) is 5.73 Å². The zero-order valence-electron chi connectivity index (χ0n) is 12.5. The summed E-state index contributed by atoms with van der Waals surface area (Å²) in [5, 5.41) is 3.57. The largest absolute Gasteiger partial charge is 0.444 e. The van der Waals surface area contributed by atoms with E-state index in [1.165, 1.54) is 17.5 Å². The minimum absolute atomic E-state index is 0.595. The first-order chi connectivity index (χ1) is 11.2. The van der Waals surface area contributed by atoms with Crippen LogP contribution in [0.2, 0.25) is 0 Å². The lowest BCUT2D eigenvalue weighted by Crippen LogP contribution is -2.14. The fraction of sp³-hybridized carbons (Fsp3) is 0.188. The number of pyridine rings is 1. The van der Waals surface area contributed by atoms with E-state index in [1.54, 1.807) is 13.2 Å². The molecule has 23 heavy (non-hydrogen) atoms. The Morgan fingerprint density at radius 3 is 2.87 bits per heavy atom. The predicted octanol–water partition coefficient (Wildman–Crippen LogP) is 3.30. The van der Waals surface area contributed by atoms with Crippen LogP contribution in [0.15, 0.2) is 30.1 Å². The lowest BCUT2D eigenvalue weighted by Gasteiger charge is -2.17. The number of carbonyl (C=O) groups excluding carboxylic acids is 1. The monoisotopic (exact) mass is 345 g/mol. The zero-order chi connectivity index (χ0) is 16.4. The number of ether oxygens (including phenoxy) is 1. The maximum absolute atomic E-state index is 11.3. The van der Waals surface area contributed by atoms with Gasteiger partial charge in [-0.05, 0) is 42.3 Å². The first kappa shape index (κ1) is 15.6. The lowest BCUT2D eigenvalue weighted by molar-refractivity contribution is 0.112. The highest BCUT2D eigenvalue weighted by Crippen LogP contribution is 2.42. The molecule has 7 heteroatoms. The lowest BCUT2D eigenvalue weighted by atomic mass is 9.89. The maximum atomic E-state index is 11.3. The number of nitrogens with zero attached hydrogens (tertiary/aromatic N) is 1. The van der Waals surface area contributed by atoms with E-state index in [4.69, 9.17) is 22.7 Å². The summed E-state index contributed by atoms with van der Waals surface area (Å²) in [4.78, 5) is 16.9. The summed E-state index contributed by atoms with van der Waals surface area (Å²) >= 11 is 6.83. The average Bonchev–Trinajstić information content (AvgIpc) is 2.94. The van der Waals surface area contributed by atoms with Gasteiger partial charge in [0.15, 0.2) is 11.3 Å². The number of nitrogens with one attached hydrogen (secondary N) is 1. The minimum atomic E-state index is 0.595. The molecule has 0 bridgehead atoms. The highest BCUT2D eigenvalue weighted by Gasteiger charge is 2.28. The van der Waals surface area contributed by atoms with E-state index in [2.05, 4.69) is 10.3 Å². The molecule has 0 radical (unpaired) electrons. The molecular formula is C16H15N3O2S2. The number of hydrogen-bond acceptors (Lipinski definition) is 7. The van der Waals surface area contributed by atoms with Crippen LogP contribution in [0.5, 0.6) is 10.8 Å². The van der Waals surface area contributed by atoms with Crippen molar-refractivity contribution in [2.45, 2.75) is 12.8 Å². The standard InChI is InChI=1S/C16H15N3O2S2/c1-18-13-5-3-10(7-19-13)21-16-14-11(12(8-20)23-16)4-2-9(6-17)15(14)22/h3,5-8H,2,4,17H2,1H3,(H,18,19). The number of aromatic nitrogens is 1. The molecule has 0 spiro atoms. The molecule has 1 aliphatic rings. The summed E-state index contributed by atoms with van der Waals surface area (Å²) in [5.41, 5.74) is 8.33. The number of allylic oxidation sites excluding steroid dienone is 1. The van der Waals surface area contributed by atoms with Crippen LogP contribution < -0.4 is 15.8 Å². The van der Waals surface area contributed by atoms with Crippen molar-refractivity contribution >= 4 is 40.5 Å². The van der Waals surface area contributed by atoms with E-state index >= 15 is 0 Å². The summed E-state index contributed by atoms with van der Waals surface area (Å²) in [6.07, 6.45) is 5.51. The zero-order valence-corrected chi connectivity index (χ0v) is 14.1. The van der Waals surface area contributed by atoms with Gasteiger partial charge in [0, 0.05) is 7.05 Å². The Kier molecular flexibility index (Phi) is 4.40. The normalized spacial score (nSPS) is 15.3. The SMILES string of the molecule is CNc1ccc(Oc2sc(C=O)c3c2C(=S)C(=CN)CC3)cn1. The molecule has 1 aliphatic carbocycles. The molecule has 2 heterocycles. The topological polar surface area (TPSA) is 77.2 Å². The number of thiophene rings is 1. The molecule has 118 valence electrons. The van der Waals surface area contributed by atoms with Gasteiger partial charge < -0.3 is 15.8 Å². The van der Waals surface area contributed by atoms with E-state index < -0.39 is 0 Å². The Morgan fingerprint density at radius 2 is 2.26 bits per heavy atom. The molecule has 0 saturated carbocycles. The smallest absolute Gasteiger partial charge is 0.190 e. The molecule has 5 nitrogen and oxygen atoms in total. The second kappa shape index (κ2) is 6.47. The van der Waals surface area contributed by atoms with Crippen molar-refractivity contribution in [3.63, 3.8) is 0 Å². The van der Waals surface area contributed by atoms with Crippen LogP contribution >= 0.6 is 23.6 Å². The molecule has 2 aromatic heterocycles. The van der Waals surface area contributed by atoms with E-state index in [0.717, 1.165) is 41.6 Å². The molecule has 3 N–H and O–H groups in total. The van der Waals surface area contributed by atoms with Gasteiger partial charge in [0.2, 0.25) is 0 Å². The number of anilines is 1. The summed E-state index contributed by atoms with van der Waals surface area (Å²) in [6.45, 7) is 0. The Bertz CT molecular complexity index is 794. The molecule has 0 saturated heterocycles. The van der Waals surface area contributed by atoms with E-state index in [-0.39, 0.29) is 0 Å². The number of aldehydes is 1. The van der Waals surface area contributed by atoms with Crippen molar-refractivity contribution in [3.05, 3.63) is 46.1 Å². The molecule has 0 fully saturated rings. The van der Waals surface area contributed by atoms with Gasteiger partial charge >= 0.3 is 0 Å². The molecule has 0 aliphatic heterocycles. The van der Waals surface area contributed by atoms with Crippen LogP contribution in [-0.2, 0) is 6.42 Å². The Balaban J connectivity index is 2.01. The van der Waals surface area contributed by atoms with Gasteiger partial charge in [0.25, 0.3) is 0 Å². The first-order valence-electron chi connectivity index (χ1n) is 7.06. The fourth-order valence-electron chi connectivity index (χ4n) is 2.49. The Hall–Kier alpha value is -2.25. The highest BCUT2D eigenvalue weighted by atomic mass is 32.1. The van der Waals surface area contributed by atoms with Gasteiger partial charge in [0.1, 0.15) is 11.6 Å². The van der Waals surface area contributed by atoms with Crippen molar-refractivity contribution in [1.82, 2.24) is 4.98 Å². The molecule has 0 amide bonds. The van der Waals surface area contributed by atoms with E-state index in [0.29, 0.717) is 20.6 Å². The maximum Gasteiger partial charge on any atom is 0.190 e. The number of fused-ring (bicyclic) bond motifs is 1. The molecular weight excluding hydrogens is 330 g/mol. The number of thiocarbonyl (C=S) groups is 1. The van der Waals surface area contributed by atoms with Gasteiger partial charge in [-0.3, -0.25) is 4.79 Å². The minimum Gasteiger partial charge on any atom is -0.444 e. The second-order valence-corrected chi connectivity index (χ2v) is 6.40. The molecule has 0 aromatic carbocycles. The highest BCUT2D eigenvalue weighted by molar-refractivity contribution is 7.81. The van der Waals surface area contributed by atoms with Gasteiger partial charge in [-0.25, -0.2) is 4.98 Å². The van der Waals surface area contributed by atoms with Crippen LogP contribution in [0.25, 0.3) is 0 Å². The van der Waals surface area contributed by atoms with Crippen LogP contribution in [0, 0.1) is 0 Å². The van der Waals surface area contributed by atoms with Gasteiger partial charge in [-0.2, -0.15) is 0 Å². The number of carbonyl (C=O) groups is 1. The summed E-state index contributed by atoms with van der Waals surface area (Å²) in [5.74, 6) is 1.35. The average molecular weight is 345 g/mol. The number of hydrogen-bond donors (Lipinski definition) is 2. The molecule has 0 unspecified atom stereocenters. The number of rotatable bonds is 4. The summed E-state index contributed by atoms with van der Waals surface area (Å²) in [6, 6.07) is 3.64. The van der Waals surface area contributed by atoms with Crippen molar-refractivity contribution in [3.8, 4) is 10.8 Å². The van der Waals surface area contributed by atoms with E-state index in [9.17, 15) is 4.79 Å². The van der Waals surface area contributed by atoms with Crippen molar-refractivity contribution in [2.75, 3.05) is 12.4 Å². The van der Waals surface area contributed by atoms with E-state index in [1.807, 2.05) is 12.1 Å².